The molecule has 0 fully saturated rings. The maximum Gasteiger partial charge on any atom is 0.337 e. The van der Waals surface area contributed by atoms with E-state index in [-0.39, 0.29) is 0 Å². The third kappa shape index (κ3) is 2.33. The van der Waals surface area contributed by atoms with Gasteiger partial charge < -0.3 is 20.4 Å². The van der Waals surface area contributed by atoms with Crippen LogP contribution in [0.5, 0.6) is 0 Å². The average Bonchev–Trinajstić information content (AvgIpc) is 3.23. The molecule has 0 aliphatic carbocycles. The number of methoxy groups -OCH3 is 1. The van der Waals surface area contributed by atoms with Gasteiger partial charge in [0.2, 0.25) is 0 Å². The summed E-state index contributed by atoms with van der Waals surface area (Å²) < 4.78 is 4.74. The van der Waals surface area contributed by atoms with Crippen LogP contribution >= 0.6 is 0 Å². The first-order valence-electron chi connectivity index (χ1n) is 7.57. The van der Waals surface area contributed by atoms with Crippen LogP contribution in [0, 0.1) is 0 Å². The van der Waals surface area contributed by atoms with Crippen LogP contribution in [0.2, 0.25) is 0 Å². The number of nitrogens with one attached hydrogen (secondary N) is 2. The highest BCUT2D eigenvalue weighted by Crippen LogP contribution is 2.29. The molecule has 2 aromatic carbocycles. The number of carbonyl (C=O) groups is 2. The number of ether oxygens (including phenoxy) is 1. The second kappa shape index (κ2) is 5.48. The van der Waals surface area contributed by atoms with Crippen molar-refractivity contribution in [2.45, 2.75) is 0 Å². The molecular formula is C18H14N4O3. The Morgan fingerprint density at radius 1 is 1.16 bits per heavy atom. The first-order valence-corrected chi connectivity index (χ1v) is 7.57. The molecule has 0 saturated heterocycles. The van der Waals surface area contributed by atoms with E-state index in [2.05, 4.69) is 15.0 Å². The summed E-state index contributed by atoms with van der Waals surface area (Å²) in [7, 11) is 1.34. The molecule has 0 saturated carbocycles. The van der Waals surface area contributed by atoms with Gasteiger partial charge in [0, 0.05) is 22.7 Å². The molecule has 0 aliphatic rings. The highest BCUT2D eigenvalue weighted by Gasteiger charge is 2.15. The summed E-state index contributed by atoms with van der Waals surface area (Å²) in [5.74, 6) is -0.307. The molecule has 124 valence electrons. The summed E-state index contributed by atoms with van der Waals surface area (Å²) in [5.41, 5.74) is 9.12. The minimum atomic E-state index is -0.523. The van der Waals surface area contributed by atoms with Crippen LogP contribution < -0.4 is 5.73 Å². The Morgan fingerprint density at radius 3 is 2.76 bits per heavy atom. The van der Waals surface area contributed by atoms with E-state index in [0.717, 1.165) is 22.0 Å². The van der Waals surface area contributed by atoms with E-state index in [1.165, 1.54) is 7.11 Å². The van der Waals surface area contributed by atoms with E-state index in [4.69, 9.17) is 10.5 Å². The van der Waals surface area contributed by atoms with Crippen LogP contribution in [0.4, 0.5) is 0 Å². The van der Waals surface area contributed by atoms with E-state index >= 15 is 0 Å². The summed E-state index contributed by atoms with van der Waals surface area (Å²) in [4.78, 5) is 34.1. The number of nitrogens with two attached hydrogens (primary N) is 1. The molecule has 1 amide bonds. The van der Waals surface area contributed by atoms with Crippen molar-refractivity contribution >= 4 is 33.8 Å². The highest BCUT2D eigenvalue weighted by molar-refractivity contribution is 6.05. The van der Waals surface area contributed by atoms with Crippen molar-refractivity contribution in [1.82, 2.24) is 15.0 Å². The van der Waals surface area contributed by atoms with Crippen LogP contribution in [0.1, 0.15) is 20.7 Å². The van der Waals surface area contributed by atoms with Crippen LogP contribution in [-0.2, 0) is 4.74 Å². The van der Waals surface area contributed by atoms with Gasteiger partial charge in [-0.25, -0.2) is 9.78 Å². The van der Waals surface area contributed by atoms with Gasteiger partial charge in [0.1, 0.15) is 11.3 Å². The number of fused-ring (bicyclic) bond motifs is 2. The fourth-order valence-electron chi connectivity index (χ4n) is 2.93. The smallest absolute Gasteiger partial charge is 0.337 e. The van der Waals surface area contributed by atoms with E-state index in [1.54, 1.807) is 30.5 Å². The third-order valence-electron chi connectivity index (χ3n) is 4.14. The summed E-state index contributed by atoms with van der Waals surface area (Å²) in [6.07, 6.45) is 1.80. The van der Waals surface area contributed by atoms with Crippen molar-refractivity contribution in [2.24, 2.45) is 5.73 Å². The Balaban J connectivity index is 1.87. The minimum Gasteiger partial charge on any atom is -0.465 e. The molecule has 0 bridgehead atoms. The van der Waals surface area contributed by atoms with E-state index in [0.29, 0.717) is 22.5 Å². The number of H-pyrrole nitrogens is 2. The van der Waals surface area contributed by atoms with Crippen molar-refractivity contribution in [1.29, 1.82) is 0 Å². The molecule has 0 radical (unpaired) electrons. The van der Waals surface area contributed by atoms with E-state index in [9.17, 15) is 9.59 Å². The zero-order valence-electron chi connectivity index (χ0n) is 13.3. The number of amides is 1. The standard InChI is InChI=1S/C18H14N4O3/c1-25-18(24)9-5-6-10-12(8-20-14(10)7-9)17-21-13-4-2-3-11(16(19)23)15(13)22-17/h2-8,20H,1H3,(H2,19,23)(H,21,22). The Labute approximate surface area is 141 Å². The number of imidazole rings is 1. The largest absolute Gasteiger partial charge is 0.465 e. The Kier molecular flexibility index (Phi) is 3.28. The Hall–Kier alpha value is -3.61. The molecule has 0 spiro atoms. The fourth-order valence-corrected chi connectivity index (χ4v) is 2.93. The summed E-state index contributed by atoms with van der Waals surface area (Å²) in [6, 6.07) is 10.5. The Bertz CT molecular complexity index is 1140. The lowest BCUT2D eigenvalue weighted by molar-refractivity contribution is 0.0600. The van der Waals surface area contributed by atoms with Gasteiger partial charge in [0.15, 0.2) is 0 Å². The van der Waals surface area contributed by atoms with Crippen molar-refractivity contribution < 1.29 is 14.3 Å². The van der Waals surface area contributed by atoms with Gasteiger partial charge in [-0.05, 0) is 24.3 Å². The number of para-hydroxylation sites is 1. The summed E-state index contributed by atoms with van der Waals surface area (Å²) in [5, 5.41) is 0.896. The first-order chi connectivity index (χ1) is 12.1. The van der Waals surface area contributed by atoms with Gasteiger partial charge in [0.25, 0.3) is 5.91 Å². The number of aromatic nitrogens is 3. The maximum absolute atomic E-state index is 11.7. The number of aromatic amines is 2. The monoisotopic (exact) mass is 334 g/mol. The number of primary amides is 1. The lowest BCUT2D eigenvalue weighted by Crippen LogP contribution is -2.11. The summed E-state index contributed by atoms with van der Waals surface area (Å²) >= 11 is 0. The normalized spacial score (nSPS) is 11.1. The predicted molar refractivity (Wildman–Crippen MR) is 93.2 cm³/mol. The fraction of sp³-hybridized carbons (Fsp3) is 0.0556. The van der Waals surface area contributed by atoms with Gasteiger partial charge in [-0.3, -0.25) is 4.79 Å². The molecule has 0 atom stereocenters. The second-order valence-corrected chi connectivity index (χ2v) is 5.61. The van der Waals surface area contributed by atoms with Crippen LogP contribution in [0.3, 0.4) is 0 Å². The predicted octanol–water partition coefficient (Wildman–Crippen LogP) is 2.60. The molecule has 2 heterocycles. The van der Waals surface area contributed by atoms with Crippen LogP contribution in [0.15, 0.2) is 42.6 Å². The van der Waals surface area contributed by atoms with E-state index in [1.807, 2.05) is 12.1 Å². The zero-order chi connectivity index (χ0) is 17.6. The topological polar surface area (TPSA) is 114 Å². The average molecular weight is 334 g/mol. The molecule has 25 heavy (non-hydrogen) atoms. The highest BCUT2D eigenvalue weighted by atomic mass is 16.5. The molecule has 2 aromatic heterocycles. The molecular weight excluding hydrogens is 320 g/mol. The van der Waals surface area contributed by atoms with Gasteiger partial charge >= 0.3 is 5.97 Å². The van der Waals surface area contributed by atoms with Crippen LogP contribution in [0.25, 0.3) is 33.3 Å². The number of carbonyl (C=O) groups excluding carboxylic acids is 2. The number of rotatable bonds is 3. The maximum atomic E-state index is 11.7. The number of nitrogens with zero attached hydrogens (tertiary/aromatic N) is 1. The minimum absolute atomic E-state index is 0.368. The molecule has 0 unspecified atom stereocenters. The number of hydrogen-bond donors (Lipinski definition) is 3. The van der Waals surface area contributed by atoms with Crippen molar-refractivity contribution in [3.63, 3.8) is 0 Å². The van der Waals surface area contributed by atoms with E-state index < -0.39 is 11.9 Å². The summed E-state index contributed by atoms with van der Waals surface area (Å²) in [6.45, 7) is 0. The molecule has 7 nitrogen and oxygen atoms in total. The van der Waals surface area contributed by atoms with Crippen LogP contribution in [-0.4, -0.2) is 33.9 Å². The lowest BCUT2D eigenvalue weighted by atomic mass is 10.1. The zero-order valence-corrected chi connectivity index (χ0v) is 13.3. The van der Waals surface area contributed by atoms with Crippen molar-refractivity contribution in [3.8, 4) is 11.4 Å². The quantitative estimate of drug-likeness (QED) is 0.500. The molecule has 4 rings (SSSR count). The number of esters is 1. The Morgan fingerprint density at radius 2 is 2.00 bits per heavy atom. The number of benzene rings is 2. The number of hydrogen-bond acceptors (Lipinski definition) is 4. The molecule has 7 heteroatoms. The second-order valence-electron chi connectivity index (χ2n) is 5.61. The first kappa shape index (κ1) is 14.9. The van der Waals surface area contributed by atoms with Crippen molar-refractivity contribution in [2.75, 3.05) is 7.11 Å². The SMILES string of the molecule is COC(=O)c1ccc2c(-c3nc4c(C(N)=O)cccc4[nH]3)c[nH]c2c1. The van der Waals surface area contributed by atoms with Gasteiger partial charge in [-0.15, -0.1) is 0 Å². The molecule has 0 aliphatic heterocycles. The molecule has 4 aromatic rings. The third-order valence-corrected chi connectivity index (χ3v) is 4.14. The van der Waals surface area contributed by atoms with Gasteiger partial charge in [-0.2, -0.15) is 0 Å². The molecule has 4 N–H and O–H groups in total. The lowest BCUT2D eigenvalue weighted by Gasteiger charge is -1.99. The van der Waals surface area contributed by atoms with Gasteiger partial charge in [-0.1, -0.05) is 12.1 Å². The van der Waals surface area contributed by atoms with Crippen molar-refractivity contribution in [3.05, 3.63) is 53.7 Å². The van der Waals surface area contributed by atoms with Gasteiger partial charge in [0.05, 0.1) is 23.8 Å².